The molecule has 0 amide bonds. The Kier molecular flexibility index (Phi) is 4.29. The number of benzene rings is 2. The summed E-state index contributed by atoms with van der Waals surface area (Å²) in [5, 5.41) is 9.15. The van der Waals surface area contributed by atoms with E-state index < -0.39 is 11.8 Å². The van der Waals surface area contributed by atoms with Crippen LogP contribution in [0.5, 0.6) is 0 Å². The van der Waals surface area contributed by atoms with Crippen LogP contribution in [0.15, 0.2) is 41.3 Å². The van der Waals surface area contributed by atoms with Gasteiger partial charge in [-0.05, 0) is 24.6 Å². The predicted octanol–water partition coefficient (Wildman–Crippen LogP) is 3.71. The smallest absolute Gasteiger partial charge is 0.339 e. The van der Waals surface area contributed by atoms with Crippen LogP contribution in [0.1, 0.15) is 21.5 Å². The number of anilines is 1. The van der Waals surface area contributed by atoms with Gasteiger partial charge in [0.1, 0.15) is 5.82 Å². The van der Waals surface area contributed by atoms with Gasteiger partial charge in [-0.25, -0.2) is 9.18 Å². The first kappa shape index (κ1) is 14.4. The van der Waals surface area contributed by atoms with Gasteiger partial charge in [0.05, 0.1) is 11.3 Å². The van der Waals surface area contributed by atoms with Gasteiger partial charge in [0.15, 0.2) is 0 Å². The van der Waals surface area contributed by atoms with E-state index in [-0.39, 0.29) is 11.3 Å². The molecule has 0 saturated heterocycles. The molecule has 0 aromatic heterocycles. The number of halogens is 1. The summed E-state index contributed by atoms with van der Waals surface area (Å²) >= 11 is 1.33. The zero-order valence-corrected chi connectivity index (χ0v) is 11.7. The topological polar surface area (TPSA) is 63.3 Å². The number of thioether (sulfide) groups is 1. The molecular formula is C15H14FNO2S. The minimum Gasteiger partial charge on any atom is -0.478 e. The molecule has 20 heavy (non-hydrogen) atoms. The molecule has 3 nitrogen and oxygen atoms in total. The molecule has 0 spiro atoms. The first-order chi connectivity index (χ1) is 9.49. The fraction of sp³-hybridized carbons (Fsp3) is 0.133. The zero-order valence-electron chi connectivity index (χ0n) is 10.9. The van der Waals surface area contributed by atoms with E-state index in [1.165, 1.54) is 23.9 Å². The number of hydrogen-bond donors (Lipinski definition) is 2. The van der Waals surface area contributed by atoms with E-state index in [1.807, 2.05) is 31.2 Å². The highest BCUT2D eigenvalue weighted by Gasteiger charge is 2.17. The van der Waals surface area contributed by atoms with E-state index in [0.29, 0.717) is 10.6 Å². The summed E-state index contributed by atoms with van der Waals surface area (Å²) in [5.74, 6) is -1.32. The third kappa shape index (κ3) is 3.11. The summed E-state index contributed by atoms with van der Waals surface area (Å²) in [5.41, 5.74) is 7.25. The minimum absolute atomic E-state index is 0.164. The summed E-state index contributed by atoms with van der Waals surface area (Å²) in [7, 11) is 0. The van der Waals surface area contributed by atoms with E-state index >= 15 is 0 Å². The summed E-state index contributed by atoms with van der Waals surface area (Å²) < 4.78 is 13.3. The average molecular weight is 291 g/mol. The Hall–Kier alpha value is -2.01. The number of aryl methyl sites for hydroxylation is 1. The van der Waals surface area contributed by atoms with E-state index in [0.717, 1.165) is 11.1 Å². The molecule has 0 aliphatic rings. The van der Waals surface area contributed by atoms with Crippen molar-refractivity contribution in [2.45, 2.75) is 17.6 Å². The van der Waals surface area contributed by atoms with Crippen LogP contribution < -0.4 is 5.73 Å². The number of nitrogens with two attached hydrogens (primary N) is 1. The highest BCUT2D eigenvalue weighted by atomic mass is 32.2. The normalized spacial score (nSPS) is 10.5. The van der Waals surface area contributed by atoms with Crippen LogP contribution in [-0.4, -0.2) is 11.1 Å². The second-order valence-electron chi connectivity index (χ2n) is 4.42. The number of nitrogen functional groups attached to an aromatic ring is 1. The Morgan fingerprint density at radius 3 is 2.75 bits per heavy atom. The van der Waals surface area contributed by atoms with Crippen molar-refractivity contribution in [2.75, 3.05) is 5.73 Å². The van der Waals surface area contributed by atoms with E-state index in [2.05, 4.69) is 0 Å². The predicted molar refractivity (Wildman–Crippen MR) is 78.5 cm³/mol. The number of carbonyl (C=O) groups is 1. The maximum absolute atomic E-state index is 13.3. The second-order valence-corrected chi connectivity index (χ2v) is 5.43. The van der Waals surface area contributed by atoms with Crippen molar-refractivity contribution in [2.24, 2.45) is 0 Å². The monoisotopic (exact) mass is 291 g/mol. The Morgan fingerprint density at radius 2 is 2.10 bits per heavy atom. The number of rotatable bonds is 4. The van der Waals surface area contributed by atoms with Crippen LogP contribution in [0.4, 0.5) is 10.1 Å². The Labute approximate surface area is 120 Å². The third-order valence-corrected chi connectivity index (χ3v) is 3.97. The van der Waals surface area contributed by atoms with Gasteiger partial charge in [0, 0.05) is 10.6 Å². The highest BCUT2D eigenvalue weighted by Crippen LogP contribution is 2.31. The lowest BCUT2D eigenvalue weighted by atomic mass is 10.2. The SMILES string of the molecule is Cc1cccc(CSc2ccc(F)c(N)c2C(=O)O)c1. The van der Waals surface area contributed by atoms with Crippen LogP contribution in [-0.2, 0) is 5.75 Å². The van der Waals surface area contributed by atoms with Gasteiger partial charge < -0.3 is 10.8 Å². The van der Waals surface area contributed by atoms with Crippen molar-refractivity contribution in [1.82, 2.24) is 0 Å². The van der Waals surface area contributed by atoms with Crippen molar-refractivity contribution in [3.8, 4) is 0 Å². The molecule has 0 bridgehead atoms. The summed E-state index contributed by atoms with van der Waals surface area (Å²) in [6, 6.07) is 10.6. The van der Waals surface area contributed by atoms with Gasteiger partial charge in [-0.1, -0.05) is 29.8 Å². The molecule has 0 heterocycles. The van der Waals surface area contributed by atoms with Crippen LogP contribution >= 0.6 is 11.8 Å². The van der Waals surface area contributed by atoms with Gasteiger partial charge >= 0.3 is 5.97 Å². The molecular weight excluding hydrogens is 277 g/mol. The van der Waals surface area contributed by atoms with Gasteiger partial charge in [-0.3, -0.25) is 0 Å². The van der Waals surface area contributed by atoms with Crippen LogP contribution in [0.2, 0.25) is 0 Å². The third-order valence-electron chi connectivity index (χ3n) is 2.84. The zero-order chi connectivity index (χ0) is 14.7. The van der Waals surface area contributed by atoms with Gasteiger partial charge in [-0.2, -0.15) is 0 Å². The molecule has 0 saturated carbocycles. The number of aromatic carboxylic acids is 1. The largest absolute Gasteiger partial charge is 0.478 e. The molecule has 0 aliphatic heterocycles. The Balaban J connectivity index is 2.26. The molecule has 2 aromatic carbocycles. The van der Waals surface area contributed by atoms with E-state index in [4.69, 9.17) is 10.8 Å². The van der Waals surface area contributed by atoms with Gasteiger partial charge in [0.25, 0.3) is 0 Å². The fourth-order valence-corrected chi connectivity index (χ4v) is 2.89. The lowest BCUT2D eigenvalue weighted by Gasteiger charge is -2.09. The summed E-state index contributed by atoms with van der Waals surface area (Å²) in [6.45, 7) is 1.99. The van der Waals surface area contributed by atoms with E-state index in [1.54, 1.807) is 0 Å². The Morgan fingerprint density at radius 1 is 1.35 bits per heavy atom. The quantitative estimate of drug-likeness (QED) is 0.666. The highest BCUT2D eigenvalue weighted by molar-refractivity contribution is 7.98. The molecule has 2 aromatic rings. The maximum Gasteiger partial charge on any atom is 0.339 e. The molecule has 0 fully saturated rings. The lowest BCUT2D eigenvalue weighted by molar-refractivity contribution is 0.0694. The fourth-order valence-electron chi connectivity index (χ4n) is 1.88. The maximum atomic E-state index is 13.3. The molecule has 5 heteroatoms. The van der Waals surface area contributed by atoms with Crippen LogP contribution in [0.3, 0.4) is 0 Å². The Bertz CT molecular complexity index is 658. The van der Waals surface area contributed by atoms with Crippen molar-refractivity contribution in [3.05, 3.63) is 58.9 Å². The number of carboxylic acids is 1. The average Bonchev–Trinajstić information content (AvgIpc) is 2.39. The first-order valence-corrected chi connectivity index (χ1v) is 6.97. The summed E-state index contributed by atoms with van der Waals surface area (Å²) in [6.07, 6.45) is 0. The van der Waals surface area contributed by atoms with Crippen molar-refractivity contribution in [1.29, 1.82) is 0 Å². The minimum atomic E-state index is -1.21. The number of hydrogen-bond acceptors (Lipinski definition) is 3. The first-order valence-electron chi connectivity index (χ1n) is 5.98. The van der Waals surface area contributed by atoms with Crippen molar-refractivity contribution < 1.29 is 14.3 Å². The van der Waals surface area contributed by atoms with Gasteiger partial charge in [0.2, 0.25) is 0 Å². The van der Waals surface area contributed by atoms with Crippen molar-refractivity contribution in [3.63, 3.8) is 0 Å². The second kappa shape index (κ2) is 5.96. The molecule has 104 valence electrons. The van der Waals surface area contributed by atoms with E-state index in [9.17, 15) is 9.18 Å². The molecule has 2 rings (SSSR count). The lowest BCUT2D eigenvalue weighted by Crippen LogP contribution is -2.06. The van der Waals surface area contributed by atoms with Crippen LogP contribution in [0.25, 0.3) is 0 Å². The molecule has 3 N–H and O–H groups in total. The number of carboxylic acid groups (broad SMARTS) is 1. The van der Waals surface area contributed by atoms with Crippen molar-refractivity contribution >= 4 is 23.4 Å². The standard InChI is InChI=1S/C15H14FNO2S/c1-9-3-2-4-10(7-9)8-20-12-6-5-11(16)14(17)13(12)15(18)19/h2-7H,8,17H2,1H3,(H,18,19). The van der Waals surface area contributed by atoms with Gasteiger partial charge in [-0.15, -0.1) is 11.8 Å². The van der Waals surface area contributed by atoms with Crippen LogP contribution in [0, 0.1) is 12.7 Å². The summed E-state index contributed by atoms with van der Waals surface area (Å²) in [4.78, 5) is 11.7. The molecule has 0 atom stereocenters. The molecule has 0 aliphatic carbocycles. The molecule has 0 unspecified atom stereocenters. The molecule has 0 radical (unpaired) electrons.